The van der Waals surface area contributed by atoms with Gasteiger partial charge in [0.25, 0.3) is 0 Å². The number of H-pyrrole nitrogens is 1. The highest BCUT2D eigenvalue weighted by molar-refractivity contribution is 7.89. The molecule has 0 radical (unpaired) electrons. The zero-order chi connectivity index (χ0) is 20.6. The molecule has 2 aromatic heterocycles. The van der Waals surface area contributed by atoms with Crippen LogP contribution in [0.5, 0.6) is 0 Å². The molecule has 2 aromatic rings. The van der Waals surface area contributed by atoms with Crippen molar-refractivity contribution >= 4 is 26.9 Å². The van der Waals surface area contributed by atoms with Crippen molar-refractivity contribution in [2.24, 2.45) is 5.92 Å². The van der Waals surface area contributed by atoms with Gasteiger partial charge in [-0.15, -0.1) is 0 Å². The number of nitrogens with one attached hydrogen (secondary N) is 1. The number of fused-ring (bicyclic) bond motifs is 1. The summed E-state index contributed by atoms with van der Waals surface area (Å²) in [7, 11) is -1.27. The minimum atomic E-state index is -3.33. The van der Waals surface area contributed by atoms with Crippen molar-refractivity contribution in [2.45, 2.75) is 57.1 Å². The molecule has 9 heteroatoms. The first-order valence-corrected chi connectivity index (χ1v) is 12.1. The molecule has 0 amide bonds. The Balaban J connectivity index is 1.36. The molecule has 1 saturated carbocycles. The molecule has 0 aromatic carbocycles. The highest BCUT2D eigenvalue weighted by Crippen LogP contribution is 2.33. The second-order valence-corrected chi connectivity index (χ2v) is 10.9. The van der Waals surface area contributed by atoms with Gasteiger partial charge in [0, 0.05) is 32.4 Å². The lowest BCUT2D eigenvalue weighted by molar-refractivity contribution is 0.00927. The van der Waals surface area contributed by atoms with Gasteiger partial charge in [0.1, 0.15) is 17.8 Å². The van der Waals surface area contributed by atoms with Gasteiger partial charge in [-0.1, -0.05) is 0 Å². The van der Waals surface area contributed by atoms with Crippen molar-refractivity contribution < 1.29 is 13.5 Å². The van der Waals surface area contributed by atoms with E-state index in [1.807, 2.05) is 12.3 Å². The summed E-state index contributed by atoms with van der Waals surface area (Å²) in [5.41, 5.74) is -0.0775. The first-order chi connectivity index (χ1) is 13.8. The molecule has 29 heavy (non-hydrogen) atoms. The fourth-order valence-electron chi connectivity index (χ4n) is 4.83. The van der Waals surface area contributed by atoms with Crippen molar-refractivity contribution in [3.05, 3.63) is 18.6 Å². The average Bonchev–Trinajstić information content (AvgIpc) is 3.16. The second kappa shape index (κ2) is 7.85. The number of nitrogens with zero attached hydrogens (tertiary/aromatic N) is 4. The maximum absolute atomic E-state index is 12.9. The van der Waals surface area contributed by atoms with Gasteiger partial charge in [-0.25, -0.2) is 18.4 Å². The molecule has 160 valence electrons. The van der Waals surface area contributed by atoms with E-state index >= 15 is 0 Å². The second-order valence-electron chi connectivity index (χ2n) is 8.94. The van der Waals surface area contributed by atoms with Crippen LogP contribution in [-0.4, -0.2) is 70.3 Å². The van der Waals surface area contributed by atoms with Crippen molar-refractivity contribution in [3.63, 3.8) is 0 Å². The van der Waals surface area contributed by atoms with E-state index in [2.05, 4.69) is 26.9 Å². The number of hydrogen-bond donors (Lipinski definition) is 2. The summed E-state index contributed by atoms with van der Waals surface area (Å²) >= 11 is 0. The van der Waals surface area contributed by atoms with E-state index in [0.29, 0.717) is 19.0 Å². The Labute approximate surface area is 172 Å². The summed E-state index contributed by atoms with van der Waals surface area (Å²) in [6, 6.07) is 2.34. The van der Waals surface area contributed by atoms with Crippen molar-refractivity contribution in [2.75, 3.05) is 30.8 Å². The van der Waals surface area contributed by atoms with Crippen LogP contribution < -0.4 is 4.90 Å². The van der Waals surface area contributed by atoms with Gasteiger partial charge in [-0.2, -0.15) is 4.31 Å². The van der Waals surface area contributed by atoms with E-state index in [0.717, 1.165) is 49.0 Å². The molecule has 8 nitrogen and oxygen atoms in total. The molecule has 2 N–H and O–H groups in total. The topological polar surface area (TPSA) is 102 Å². The lowest BCUT2D eigenvalue weighted by Crippen LogP contribution is -2.50. The van der Waals surface area contributed by atoms with Crippen LogP contribution in [0.3, 0.4) is 0 Å². The van der Waals surface area contributed by atoms with Crippen molar-refractivity contribution in [1.29, 1.82) is 0 Å². The van der Waals surface area contributed by atoms with Crippen LogP contribution >= 0.6 is 0 Å². The maximum atomic E-state index is 12.9. The molecule has 2 aliphatic rings. The minimum absolute atomic E-state index is 0.175. The fraction of sp³-hybridized carbons (Fsp3) is 0.700. The van der Waals surface area contributed by atoms with E-state index in [9.17, 15) is 13.5 Å². The van der Waals surface area contributed by atoms with Gasteiger partial charge in [0.05, 0.1) is 16.7 Å². The summed E-state index contributed by atoms with van der Waals surface area (Å²) in [6.07, 6.45) is 8.51. The van der Waals surface area contributed by atoms with E-state index in [4.69, 9.17) is 0 Å². The quantitative estimate of drug-likeness (QED) is 0.767. The largest absolute Gasteiger partial charge is 0.389 e. The summed E-state index contributed by atoms with van der Waals surface area (Å²) in [6.45, 7) is 2.47. The lowest BCUT2D eigenvalue weighted by Gasteiger charge is -2.38. The van der Waals surface area contributed by atoms with Crippen LogP contribution in [0.15, 0.2) is 18.6 Å². The smallest absolute Gasteiger partial charge is 0.214 e. The van der Waals surface area contributed by atoms with Gasteiger partial charge in [0.2, 0.25) is 10.0 Å². The molecule has 2 fully saturated rings. The summed E-state index contributed by atoms with van der Waals surface area (Å²) in [5, 5.41) is 11.3. The predicted molar refractivity (Wildman–Crippen MR) is 113 cm³/mol. The lowest BCUT2D eigenvalue weighted by atomic mass is 9.86. The van der Waals surface area contributed by atoms with Crippen molar-refractivity contribution in [1.82, 2.24) is 19.3 Å². The van der Waals surface area contributed by atoms with Crippen LogP contribution in [0.2, 0.25) is 0 Å². The first-order valence-electron chi connectivity index (χ1n) is 10.5. The Bertz CT molecular complexity index is 950. The predicted octanol–water partition coefficient (Wildman–Crippen LogP) is 2.13. The Morgan fingerprint density at radius 2 is 2.07 bits per heavy atom. The van der Waals surface area contributed by atoms with Gasteiger partial charge in [0.15, 0.2) is 0 Å². The third-order valence-electron chi connectivity index (χ3n) is 6.51. The number of anilines is 1. The summed E-state index contributed by atoms with van der Waals surface area (Å²) in [4.78, 5) is 14.1. The number of rotatable bonds is 5. The molecule has 3 heterocycles. The fourth-order valence-corrected chi connectivity index (χ4v) is 6.85. The number of β-amino-alcohol motifs (C(OH)–C–C–N with tert-alkyl or cyclic N) is 1. The van der Waals surface area contributed by atoms with E-state index in [-0.39, 0.29) is 18.2 Å². The summed E-state index contributed by atoms with van der Waals surface area (Å²) in [5.74, 6) is 1.28. The van der Waals surface area contributed by atoms with Crippen LogP contribution in [0.25, 0.3) is 11.0 Å². The number of aliphatic hydroxyl groups is 1. The van der Waals surface area contributed by atoms with Crippen LogP contribution in [0.1, 0.15) is 45.4 Å². The molecule has 1 aliphatic carbocycles. The first kappa shape index (κ1) is 20.6. The molecule has 0 spiro atoms. The van der Waals surface area contributed by atoms with E-state index in [1.165, 1.54) is 4.31 Å². The SMILES string of the molecule is CN(c1ncnc2[nH]ccc12)[C@H]1CC[C@H](CS(=O)(=O)N2CCCC(C)(O)C2)CC1. The van der Waals surface area contributed by atoms with Gasteiger partial charge in [-0.05, 0) is 57.4 Å². The normalized spacial score (nSPS) is 29.2. The molecule has 4 rings (SSSR count). The molecule has 0 bridgehead atoms. The molecular formula is C20H31N5O3S. The van der Waals surface area contributed by atoms with E-state index in [1.54, 1.807) is 13.3 Å². The standard InChI is InChI=1S/C20H31N5O3S/c1-20(26)9-3-11-25(13-20)29(27,28)12-15-4-6-16(7-5-15)24(2)19-17-8-10-21-18(17)22-14-23-19/h8,10,14-16,26H,3-7,9,11-13H2,1-2H3,(H,21,22,23)/t15-,16-,20?. The molecule has 1 atom stereocenters. The minimum Gasteiger partial charge on any atom is -0.389 e. The van der Waals surface area contributed by atoms with E-state index < -0.39 is 15.6 Å². The van der Waals surface area contributed by atoms with Crippen LogP contribution in [-0.2, 0) is 10.0 Å². The highest BCUT2D eigenvalue weighted by atomic mass is 32.2. The molecule has 1 saturated heterocycles. The number of aromatic amines is 1. The number of piperidine rings is 1. The van der Waals surface area contributed by atoms with Gasteiger partial charge < -0.3 is 15.0 Å². The number of sulfonamides is 1. The molecular weight excluding hydrogens is 390 g/mol. The van der Waals surface area contributed by atoms with Crippen molar-refractivity contribution in [3.8, 4) is 0 Å². The Hall–Kier alpha value is -1.71. The third kappa shape index (κ3) is 4.41. The maximum Gasteiger partial charge on any atom is 0.214 e. The monoisotopic (exact) mass is 421 g/mol. The third-order valence-corrected chi connectivity index (χ3v) is 8.50. The highest BCUT2D eigenvalue weighted by Gasteiger charge is 2.36. The van der Waals surface area contributed by atoms with Gasteiger partial charge in [-0.3, -0.25) is 0 Å². The average molecular weight is 422 g/mol. The number of aromatic nitrogens is 3. The zero-order valence-corrected chi connectivity index (χ0v) is 18.0. The van der Waals surface area contributed by atoms with Gasteiger partial charge >= 0.3 is 0 Å². The molecule has 1 aliphatic heterocycles. The Morgan fingerprint density at radius 3 is 2.79 bits per heavy atom. The Kier molecular flexibility index (Phi) is 5.56. The number of hydrogen-bond acceptors (Lipinski definition) is 6. The molecule has 1 unspecified atom stereocenters. The zero-order valence-electron chi connectivity index (χ0n) is 17.2. The summed E-state index contributed by atoms with van der Waals surface area (Å²) < 4.78 is 27.3. The van der Waals surface area contributed by atoms with Crippen LogP contribution in [0.4, 0.5) is 5.82 Å². The Morgan fingerprint density at radius 1 is 1.31 bits per heavy atom. The van der Waals surface area contributed by atoms with Crippen LogP contribution in [0, 0.1) is 5.92 Å².